The van der Waals surface area contributed by atoms with Gasteiger partial charge in [-0.05, 0) is 63.4 Å². The number of hydrogen-bond donors (Lipinski definition) is 1. The number of aromatic nitrogens is 2. The number of carbonyl (C=O) groups is 2. The molecule has 0 aliphatic carbocycles. The number of carbonyl (C=O) groups excluding carboxylic acids is 2. The quantitative estimate of drug-likeness (QED) is 0.673. The molecule has 1 aromatic heterocycles. The van der Waals surface area contributed by atoms with Crippen LogP contribution in [0.2, 0.25) is 5.15 Å². The molecule has 0 aliphatic heterocycles. The summed E-state index contributed by atoms with van der Waals surface area (Å²) in [6.45, 7) is 3.14. The fourth-order valence-electron chi connectivity index (χ4n) is 2.06. The van der Waals surface area contributed by atoms with Crippen LogP contribution in [0.15, 0.2) is 21.1 Å². The van der Waals surface area contributed by atoms with Gasteiger partial charge in [0, 0.05) is 16.0 Å². The van der Waals surface area contributed by atoms with Gasteiger partial charge >= 0.3 is 5.97 Å². The van der Waals surface area contributed by atoms with Crippen molar-refractivity contribution in [1.29, 1.82) is 0 Å². The fourth-order valence-corrected chi connectivity index (χ4v) is 3.93. The van der Waals surface area contributed by atoms with E-state index in [0.717, 1.165) is 14.5 Å². The monoisotopic (exact) mass is 477 g/mol. The molecule has 0 saturated carbocycles. The van der Waals surface area contributed by atoms with Crippen LogP contribution in [0.3, 0.4) is 0 Å². The molecule has 9 heteroatoms. The van der Waals surface area contributed by atoms with Crippen molar-refractivity contribution in [3.63, 3.8) is 0 Å². The fraction of sp³-hybridized carbons (Fsp3) is 0.267. The number of nitrogens with zero attached hydrogens (tertiary/aromatic N) is 2. The van der Waals surface area contributed by atoms with Crippen LogP contribution in [-0.4, -0.2) is 28.3 Å². The third kappa shape index (κ3) is 4.17. The van der Waals surface area contributed by atoms with Crippen LogP contribution in [0, 0.1) is 13.8 Å². The first-order chi connectivity index (χ1) is 11.2. The maximum absolute atomic E-state index is 12.1. The molecule has 1 amide bonds. The second-order valence-corrected chi connectivity index (χ2v) is 7.17. The summed E-state index contributed by atoms with van der Waals surface area (Å²) in [5.41, 5.74) is 2.19. The number of hydrogen-bond acceptors (Lipinski definition) is 4. The van der Waals surface area contributed by atoms with Crippen LogP contribution >= 0.6 is 43.5 Å². The maximum atomic E-state index is 12.1. The van der Waals surface area contributed by atoms with Crippen molar-refractivity contribution in [3.05, 3.63) is 43.1 Å². The Balaban J connectivity index is 2.03. The number of amides is 1. The summed E-state index contributed by atoms with van der Waals surface area (Å²) in [7, 11) is 1.62. The van der Waals surface area contributed by atoms with Gasteiger partial charge in [0.2, 0.25) is 0 Å². The Morgan fingerprint density at radius 2 is 1.88 bits per heavy atom. The minimum atomic E-state index is -0.692. The molecule has 1 heterocycles. The Labute approximate surface area is 160 Å². The van der Waals surface area contributed by atoms with E-state index in [4.69, 9.17) is 16.3 Å². The van der Waals surface area contributed by atoms with Crippen LogP contribution in [0.25, 0.3) is 0 Å². The van der Waals surface area contributed by atoms with Gasteiger partial charge < -0.3 is 10.1 Å². The van der Waals surface area contributed by atoms with Crippen molar-refractivity contribution in [2.24, 2.45) is 7.05 Å². The minimum Gasteiger partial charge on any atom is -0.452 e. The molecule has 0 saturated heterocycles. The summed E-state index contributed by atoms with van der Waals surface area (Å²) in [6, 6.07) is 3.73. The standard InChI is InChI=1S/C15H14Br2ClN3O3/c1-7-4-9(16)13(10(17)5-7)19-11(22)6-24-15(23)12-8(2)20-21(3)14(12)18/h4-5H,6H2,1-3H3,(H,19,22). The average Bonchev–Trinajstić information content (AvgIpc) is 2.73. The van der Waals surface area contributed by atoms with E-state index in [0.29, 0.717) is 11.4 Å². The first kappa shape index (κ1) is 19.0. The number of esters is 1. The molecular formula is C15H14Br2ClN3O3. The second-order valence-electron chi connectivity index (χ2n) is 5.10. The van der Waals surface area contributed by atoms with Gasteiger partial charge in [-0.1, -0.05) is 11.6 Å². The predicted molar refractivity (Wildman–Crippen MR) is 98.4 cm³/mol. The molecule has 0 bridgehead atoms. The van der Waals surface area contributed by atoms with Gasteiger partial charge in [-0.2, -0.15) is 5.10 Å². The van der Waals surface area contributed by atoms with Gasteiger partial charge in [-0.25, -0.2) is 4.79 Å². The van der Waals surface area contributed by atoms with E-state index in [1.165, 1.54) is 4.68 Å². The molecule has 1 N–H and O–H groups in total. The zero-order chi connectivity index (χ0) is 18.0. The zero-order valence-electron chi connectivity index (χ0n) is 13.1. The summed E-state index contributed by atoms with van der Waals surface area (Å²) >= 11 is 12.8. The van der Waals surface area contributed by atoms with Crippen LogP contribution in [0.1, 0.15) is 21.6 Å². The van der Waals surface area contributed by atoms with E-state index in [1.54, 1.807) is 14.0 Å². The molecule has 0 unspecified atom stereocenters. The molecule has 24 heavy (non-hydrogen) atoms. The summed E-state index contributed by atoms with van der Waals surface area (Å²) in [5, 5.41) is 6.88. The first-order valence-electron chi connectivity index (χ1n) is 6.82. The van der Waals surface area contributed by atoms with Crippen LogP contribution in [0.5, 0.6) is 0 Å². The Kier molecular flexibility index (Phi) is 6.06. The number of halogens is 3. The summed E-state index contributed by atoms with van der Waals surface area (Å²) in [4.78, 5) is 24.1. The van der Waals surface area contributed by atoms with Gasteiger partial charge in [0.05, 0.1) is 11.4 Å². The van der Waals surface area contributed by atoms with Crippen molar-refractivity contribution in [2.75, 3.05) is 11.9 Å². The number of ether oxygens (including phenoxy) is 1. The lowest BCUT2D eigenvalue weighted by Crippen LogP contribution is -2.21. The summed E-state index contributed by atoms with van der Waals surface area (Å²) in [5.74, 6) is -1.16. The van der Waals surface area contributed by atoms with Crippen LogP contribution in [0.4, 0.5) is 5.69 Å². The molecular weight excluding hydrogens is 465 g/mol. The SMILES string of the molecule is Cc1cc(Br)c(NC(=O)COC(=O)c2c(C)nn(C)c2Cl)c(Br)c1. The molecule has 0 fully saturated rings. The van der Waals surface area contributed by atoms with Crippen molar-refractivity contribution in [3.8, 4) is 0 Å². The highest BCUT2D eigenvalue weighted by molar-refractivity contribution is 9.11. The number of benzene rings is 1. The second kappa shape index (κ2) is 7.67. The summed E-state index contributed by atoms with van der Waals surface area (Å²) in [6.07, 6.45) is 0. The maximum Gasteiger partial charge on any atom is 0.343 e. The highest BCUT2D eigenvalue weighted by Gasteiger charge is 2.21. The Morgan fingerprint density at radius 3 is 2.38 bits per heavy atom. The lowest BCUT2D eigenvalue weighted by molar-refractivity contribution is -0.119. The summed E-state index contributed by atoms with van der Waals surface area (Å²) < 4.78 is 7.84. The molecule has 0 spiro atoms. The predicted octanol–water partition coefficient (Wildman–Crippen LogP) is 4.01. The lowest BCUT2D eigenvalue weighted by atomic mass is 10.2. The van der Waals surface area contributed by atoms with Gasteiger partial charge in [-0.3, -0.25) is 9.48 Å². The van der Waals surface area contributed by atoms with Crippen molar-refractivity contribution in [2.45, 2.75) is 13.8 Å². The smallest absolute Gasteiger partial charge is 0.343 e. The van der Waals surface area contributed by atoms with E-state index < -0.39 is 18.5 Å². The highest BCUT2D eigenvalue weighted by Crippen LogP contribution is 2.32. The number of aryl methyl sites for hydroxylation is 3. The van der Waals surface area contributed by atoms with Gasteiger partial charge in [-0.15, -0.1) is 0 Å². The molecule has 6 nitrogen and oxygen atoms in total. The normalized spacial score (nSPS) is 10.6. The van der Waals surface area contributed by atoms with Crippen molar-refractivity contribution < 1.29 is 14.3 Å². The third-order valence-electron chi connectivity index (χ3n) is 3.14. The number of nitrogens with one attached hydrogen (secondary N) is 1. The Morgan fingerprint density at radius 1 is 1.29 bits per heavy atom. The highest BCUT2D eigenvalue weighted by atomic mass is 79.9. The van der Waals surface area contributed by atoms with Gasteiger partial charge in [0.15, 0.2) is 6.61 Å². The minimum absolute atomic E-state index is 0.157. The molecule has 0 atom stereocenters. The van der Waals surface area contributed by atoms with Crippen molar-refractivity contribution >= 4 is 61.0 Å². The van der Waals surface area contributed by atoms with E-state index in [-0.39, 0.29) is 10.7 Å². The number of rotatable bonds is 4. The average molecular weight is 480 g/mol. The lowest BCUT2D eigenvalue weighted by Gasteiger charge is -2.11. The molecule has 1 aromatic carbocycles. The Bertz CT molecular complexity index is 798. The van der Waals surface area contributed by atoms with Crippen LogP contribution in [-0.2, 0) is 16.6 Å². The van der Waals surface area contributed by atoms with E-state index >= 15 is 0 Å². The van der Waals surface area contributed by atoms with E-state index in [9.17, 15) is 9.59 Å². The van der Waals surface area contributed by atoms with Crippen molar-refractivity contribution in [1.82, 2.24) is 9.78 Å². The third-order valence-corrected chi connectivity index (χ3v) is 4.83. The largest absolute Gasteiger partial charge is 0.452 e. The van der Waals surface area contributed by atoms with Gasteiger partial charge in [0.1, 0.15) is 10.7 Å². The molecule has 2 aromatic rings. The Hall–Kier alpha value is -1.38. The van der Waals surface area contributed by atoms with Gasteiger partial charge in [0.25, 0.3) is 5.91 Å². The first-order valence-corrected chi connectivity index (χ1v) is 8.78. The topological polar surface area (TPSA) is 73.2 Å². The zero-order valence-corrected chi connectivity index (χ0v) is 17.0. The number of anilines is 1. The van der Waals surface area contributed by atoms with E-state index in [1.807, 2.05) is 19.1 Å². The van der Waals surface area contributed by atoms with E-state index in [2.05, 4.69) is 42.3 Å². The molecule has 128 valence electrons. The molecule has 0 aliphatic rings. The molecule has 2 rings (SSSR count). The molecule has 0 radical (unpaired) electrons. The van der Waals surface area contributed by atoms with Crippen LogP contribution < -0.4 is 5.32 Å².